The lowest BCUT2D eigenvalue weighted by atomic mass is 10.2. The molecule has 76 valence electrons. The molecule has 0 aliphatic heterocycles. The van der Waals surface area contributed by atoms with Crippen molar-refractivity contribution in [3.05, 3.63) is 40.3 Å². The lowest BCUT2D eigenvalue weighted by Gasteiger charge is -2.00. The number of carbonyl (C=O) groups is 1. The monoisotopic (exact) mass is 203 g/mol. The van der Waals surface area contributed by atoms with Gasteiger partial charge in [0.15, 0.2) is 0 Å². The molecule has 0 spiro atoms. The summed E-state index contributed by atoms with van der Waals surface area (Å²) in [5, 5.41) is 2.40. The standard InChI is InChI=1S/C10H9N3O2/c1-11-9(14)6-5-8-7(13-10(6)15)3-2-4-12-8/h2-5H,1H3,(H,11,14)(H,13,15). The van der Waals surface area contributed by atoms with Gasteiger partial charge in [-0.3, -0.25) is 14.6 Å². The first-order valence-corrected chi connectivity index (χ1v) is 4.42. The van der Waals surface area contributed by atoms with E-state index in [4.69, 9.17) is 0 Å². The molecule has 0 unspecified atom stereocenters. The smallest absolute Gasteiger partial charge is 0.261 e. The minimum Gasteiger partial charge on any atom is -0.355 e. The molecule has 0 saturated heterocycles. The topological polar surface area (TPSA) is 74.8 Å². The first-order valence-electron chi connectivity index (χ1n) is 4.42. The lowest BCUT2D eigenvalue weighted by molar-refractivity contribution is 0.0962. The molecule has 2 heterocycles. The normalized spacial score (nSPS) is 10.2. The Kier molecular flexibility index (Phi) is 2.21. The highest BCUT2D eigenvalue weighted by Gasteiger charge is 2.09. The summed E-state index contributed by atoms with van der Waals surface area (Å²) >= 11 is 0. The molecule has 2 aromatic heterocycles. The molecule has 0 atom stereocenters. The molecule has 2 aromatic rings. The number of aromatic nitrogens is 2. The van der Waals surface area contributed by atoms with Gasteiger partial charge >= 0.3 is 0 Å². The van der Waals surface area contributed by atoms with Gasteiger partial charge < -0.3 is 10.3 Å². The highest BCUT2D eigenvalue weighted by atomic mass is 16.2. The van der Waals surface area contributed by atoms with Crippen LogP contribution in [0.2, 0.25) is 0 Å². The number of carbonyl (C=O) groups excluding carboxylic acids is 1. The minimum atomic E-state index is -0.413. The second-order valence-electron chi connectivity index (χ2n) is 3.03. The zero-order valence-corrected chi connectivity index (χ0v) is 8.07. The SMILES string of the molecule is CNC(=O)c1cc2ncccc2[nH]c1=O. The summed E-state index contributed by atoms with van der Waals surface area (Å²) in [5.41, 5.74) is 0.879. The summed E-state index contributed by atoms with van der Waals surface area (Å²) in [6.07, 6.45) is 1.61. The van der Waals surface area contributed by atoms with Crippen LogP contribution in [-0.2, 0) is 0 Å². The average Bonchev–Trinajstić information content (AvgIpc) is 2.27. The van der Waals surface area contributed by atoms with E-state index in [2.05, 4.69) is 15.3 Å². The minimum absolute atomic E-state index is 0.0729. The number of pyridine rings is 2. The predicted octanol–water partition coefficient (Wildman–Crippen LogP) is 0.283. The van der Waals surface area contributed by atoms with E-state index in [0.29, 0.717) is 11.0 Å². The van der Waals surface area contributed by atoms with Gasteiger partial charge in [-0.2, -0.15) is 0 Å². The predicted molar refractivity (Wildman–Crippen MR) is 55.8 cm³/mol. The van der Waals surface area contributed by atoms with Gasteiger partial charge in [-0.15, -0.1) is 0 Å². The van der Waals surface area contributed by atoms with Crippen molar-refractivity contribution in [2.75, 3.05) is 7.05 Å². The maximum Gasteiger partial charge on any atom is 0.261 e. The Bertz CT molecular complexity index is 574. The van der Waals surface area contributed by atoms with E-state index in [0.717, 1.165) is 0 Å². The number of hydrogen-bond acceptors (Lipinski definition) is 3. The molecule has 0 aromatic carbocycles. The summed E-state index contributed by atoms with van der Waals surface area (Å²) in [6, 6.07) is 4.93. The summed E-state index contributed by atoms with van der Waals surface area (Å²) in [7, 11) is 1.48. The van der Waals surface area contributed by atoms with Crippen LogP contribution in [0.5, 0.6) is 0 Å². The Morgan fingerprint density at radius 3 is 3.07 bits per heavy atom. The van der Waals surface area contributed by atoms with Crippen LogP contribution in [0, 0.1) is 0 Å². The average molecular weight is 203 g/mol. The fraction of sp³-hybridized carbons (Fsp3) is 0.100. The summed E-state index contributed by atoms with van der Waals surface area (Å²) in [4.78, 5) is 29.5. The number of aromatic amines is 1. The largest absolute Gasteiger partial charge is 0.355 e. The van der Waals surface area contributed by atoms with Crippen molar-refractivity contribution in [2.45, 2.75) is 0 Å². The van der Waals surface area contributed by atoms with Crippen LogP contribution >= 0.6 is 0 Å². The second kappa shape index (κ2) is 3.53. The van der Waals surface area contributed by atoms with Gasteiger partial charge in [0, 0.05) is 13.2 Å². The molecule has 2 rings (SSSR count). The molecule has 0 aliphatic rings. The molecule has 0 fully saturated rings. The van der Waals surface area contributed by atoms with E-state index in [1.54, 1.807) is 18.3 Å². The van der Waals surface area contributed by atoms with E-state index in [-0.39, 0.29) is 5.56 Å². The fourth-order valence-corrected chi connectivity index (χ4v) is 1.33. The Hall–Kier alpha value is -2.17. The maximum atomic E-state index is 11.5. The molecule has 0 bridgehead atoms. The highest BCUT2D eigenvalue weighted by Crippen LogP contribution is 2.06. The first-order chi connectivity index (χ1) is 7.22. The summed E-state index contributed by atoms with van der Waals surface area (Å²) in [6.45, 7) is 0. The van der Waals surface area contributed by atoms with E-state index in [1.807, 2.05) is 0 Å². The number of H-pyrrole nitrogens is 1. The van der Waals surface area contributed by atoms with Crippen molar-refractivity contribution in [2.24, 2.45) is 0 Å². The van der Waals surface area contributed by atoms with Crippen molar-refractivity contribution >= 4 is 16.9 Å². The van der Waals surface area contributed by atoms with Crippen LogP contribution in [0.25, 0.3) is 11.0 Å². The Balaban J connectivity index is 2.73. The van der Waals surface area contributed by atoms with Gasteiger partial charge in [-0.05, 0) is 18.2 Å². The van der Waals surface area contributed by atoms with Crippen molar-refractivity contribution in [3.63, 3.8) is 0 Å². The molecule has 0 saturated carbocycles. The zero-order chi connectivity index (χ0) is 10.8. The Morgan fingerprint density at radius 1 is 1.53 bits per heavy atom. The van der Waals surface area contributed by atoms with Gasteiger partial charge in [0.2, 0.25) is 0 Å². The first kappa shape index (κ1) is 9.39. The number of rotatable bonds is 1. The van der Waals surface area contributed by atoms with Crippen LogP contribution < -0.4 is 10.9 Å². The molecule has 1 amide bonds. The molecular formula is C10H9N3O2. The van der Waals surface area contributed by atoms with E-state index in [9.17, 15) is 9.59 Å². The molecule has 0 radical (unpaired) electrons. The van der Waals surface area contributed by atoms with Crippen LogP contribution in [-0.4, -0.2) is 22.9 Å². The van der Waals surface area contributed by atoms with Crippen LogP contribution in [0.15, 0.2) is 29.2 Å². The number of amides is 1. The Labute approximate surface area is 85.2 Å². The molecule has 2 N–H and O–H groups in total. The van der Waals surface area contributed by atoms with E-state index in [1.165, 1.54) is 13.1 Å². The number of nitrogens with one attached hydrogen (secondary N) is 2. The van der Waals surface area contributed by atoms with Crippen molar-refractivity contribution in [1.29, 1.82) is 0 Å². The molecule has 0 aliphatic carbocycles. The number of hydrogen-bond donors (Lipinski definition) is 2. The third-order valence-electron chi connectivity index (χ3n) is 2.08. The van der Waals surface area contributed by atoms with Crippen molar-refractivity contribution < 1.29 is 4.79 Å². The molecular weight excluding hydrogens is 194 g/mol. The third kappa shape index (κ3) is 1.59. The van der Waals surface area contributed by atoms with Crippen LogP contribution in [0.4, 0.5) is 0 Å². The molecule has 5 nitrogen and oxygen atoms in total. The second-order valence-corrected chi connectivity index (χ2v) is 3.03. The summed E-state index contributed by atoms with van der Waals surface area (Å²) in [5.74, 6) is -0.413. The van der Waals surface area contributed by atoms with E-state index >= 15 is 0 Å². The number of nitrogens with zero attached hydrogens (tertiary/aromatic N) is 1. The van der Waals surface area contributed by atoms with Gasteiger partial charge in [-0.1, -0.05) is 0 Å². The lowest BCUT2D eigenvalue weighted by Crippen LogP contribution is -2.26. The van der Waals surface area contributed by atoms with Gasteiger partial charge in [0.1, 0.15) is 5.56 Å². The third-order valence-corrected chi connectivity index (χ3v) is 2.08. The fourth-order valence-electron chi connectivity index (χ4n) is 1.33. The maximum absolute atomic E-state index is 11.5. The van der Waals surface area contributed by atoms with Crippen LogP contribution in [0.1, 0.15) is 10.4 Å². The van der Waals surface area contributed by atoms with E-state index < -0.39 is 11.5 Å². The zero-order valence-electron chi connectivity index (χ0n) is 8.07. The quantitative estimate of drug-likeness (QED) is 0.699. The van der Waals surface area contributed by atoms with Gasteiger partial charge in [-0.25, -0.2) is 0 Å². The van der Waals surface area contributed by atoms with Crippen molar-refractivity contribution in [1.82, 2.24) is 15.3 Å². The van der Waals surface area contributed by atoms with Gasteiger partial charge in [0.25, 0.3) is 11.5 Å². The van der Waals surface area contributed by atoms with Crippen LogP contribution in [0.3, 0.4) is 0 Å². The molecule has 15 heavy (non-hydrogen) atoms. The number of fused-ring (bicyclic) bond motifs is 1. The van der Waals surface area contributed by atoms with Gasteiger partial charge in [0.05, 0.1) is 11.0 Å². The van der Waals surface area contributed by atoms with Crippen molar-refractivity contribution in [3.8, 4) is 0 Å². The summed E-state index contributed by atoms with van der Waals surface area (Å²) < 4.78 is 0. The Morgan fingerprint density at radius 2 is 2.33 bits per heavy atom. The molecule has 5 heteroatoms. The highest BCUT2D eigenvalue weighted by molar-refractivity contribution is 5.96.